The predicted molar refractivity (Wildman–Crippen MR) is 105 cm³/mol. The van der Waals surface area contributed by atoms with Crippen molar-refractivity contribution in [1.29, 1.82) is 0 Å². The van der Waals surface area contributed by atoms with E-state index in [9.17, 15) is 9.59 Å². The first-order valence-electron chi connectivity index (χ1n) is 9.69. The Labute approximate surface area is 168 Å². The van der Waals surface area contributed by atoms with Gasteiger partial charge < -0.3 is 9.32 Å². The first-order valence-corrected chi connectivity index (χ1v) is 9.69. The number of hydrogen-bond acceptors (Lipinski definition) is 6. The van der Waals surface area contributed by atoms with Gasteiger partial charge in [0, 0.05) is 12.6 Å². The molecule has 0 bridgehead atoms. The van der Waals surface area contributed by atoms with Crippen LogP contribution in [0.3, 0.4) is 0 Å². The molecular formula is C21H23N5O3. The number of carbonyl (C=O) groups is 2. The summed E-state index contributed by atoms with van der Waals surface area (Å²) in [5, 5.41) is 8.60. The minimum Gasteiger partial charge on any atom is -0.445 e. The van der Waals surface area contributed by atoms with Gasteiger partial charge in [-0.3, -0.25) is 9.59 Å². The molecule has 2 atom stereocenters. The maximum Gasteiger partial charge on any atom is 0.256 e. The van der Waals surface area contributed by atoms with Gasteiger partial charge in [-0.05, 0) is 45.7 Å². The lowest BCUT2D eigenvalue weighted by Crippen LogP contribution is -2.45. The number of aryl methyl sites for hydroxylation is 2. The van der Waals surface area contributed by atoms with E-state index in [-0.39, 0.29) is 17.9 Å². The van der Waals surface area contributed by atoms with E-state index in [2.05, 4.69) is 15.2 Å². The maximum atomic E-state index is 13.5. The summed E-state index contributed by atoms with van der Waals surface area (Å²) in [4.78, 5) is 32.2. The molecule has 1 aliphatic heterocycles. The molecule has 0 radical (unpaired) electrons. The van der Waals surface area contributed by atoms with Crippen molar-refractivity contribution in [3.8, 4) is 5.69 Å². The SMILES string of the molecule is Cc1cnn(-c2ccccc2C(=O)N2CC(c3nc(C=O)c(C)o3)CC[C@H]2C)n1. The monoisotopic (exact) mass is 393 g/mol. The molecule has 0 spiro atoms. The third-order valence-corrected chi connectivity index (χ3v) is 5.41. The number of aromatic nitrogens is 4. The molecule has 0 saturated carbocycles. The van der Waals surface area contributed by atoms with Gasteiger partial charge in [0.1, 0.15) is 11.5 Å². The number of likely N-dealkylation sites (tertiary alicyclic amines) is 1. The molecule has 8 heteroatoms. The molecule has 0 aliphatic carbocycles. The van der Waals surface area contributed by atoms with E-state index in [0.29, 0.717) is 41.4 Å². The van der Waals surface area contributed by atoms with Gasteiger partial charge in [-0.25, -0.2) is 4.98 Å². The average Bonchev–Trinajstić information content (AvgIpc) is 3.33. The predicted octanol–water partition coefficient (Wildman–Crippen LogP) is 3.09. The van der Waals surface area contributed by atoms with E-state index in [1.807, 2.05) is 36.9 Å². The van der Waals surface area contributed by atoms with Crippen LogP contribution in [0.15, 0.2) is 34.9 Å². The Morgan fingerprint density at radius 2 is 2.03 bits per heavy atom. The molecule has 150 valence electrons. The van der Waals surface area contributed by atoms with Crippen LogP contribution in [-0.2, 0) is 0 Å². The molecule has 29 heavy (non-hydrogen) atoms. The van der Waals surface area contributed by atoms with Crippen LogP contribution in [0, 0.1) is 13.8 Å². The van der Waals surface area contributed by atoms with Gasteiger partial charge in [-0.1, -0.05) is 12.1 Å². The summed E-state index contributed by atoms with van der Waals surface area (Å²) in [7, 11) is 0. The highest BCUT2D eigenvalue weighted by molar-refractivity contribution is 5.98. The number of hydrogen-bond donors (Lipinski definition) is 0. The maximum absolute atomic E-state index is 13.5. The van der Waals surface area contributed by atoms with Crippen molar-refractivity contribution in [1.82, 2.24) is 24.9 Å². The summed E-state index contributed by atoms with van der Waals surface area (Å²) in [6.45, 7) is 6.12. The Morgan fingerprint density at radius 1 is 1.24 bits per heavy atom. The van der Waals surface area contributed by atoms with Crippen molar-refractivity contribution in [2.24, 2.45) is 0 Å². The number of oxazole rings is 1. The van der Waals surface area contributed by atoms with E-state index in [1.54, 1.807) is 19.2 Å². The van der Waals surface area contributed by atoms with Crippen LogP contribution in [0.2, 0.25) is 0 Å². The molecule has 4 rings (SSSR count). The summed E-state index contributed by atoms with van der Waals surface area (Å²) < 4.78 is 5.71. The molecule has 1 amide bonds. The van der Waals surface area contributed by atoms with E-state index < -0.39 is 0 Å². The molecule has 1 fully saturated rings. The highest BCUT2D eigenvalue weighted by Gasteiger charge is 2.34. The lowest BCUT2D eigenvalue weighted by atomic mass is 9.92. The van der Waals surface area contributed by atoms with Crippen LogP contribution in [-0.4, -0.2) is 49.7 Å². The zero-order valence-electron chi connectivity index (χ0n) is 16.7. The highest BCUT2D eigenvalue weighted by Crippen LogP contribution is 2.32. The number of aldehydes is 1. The Morgan fingerprint density at radius 3 is 2.72 bits per heavy atom. The van der Waals surface area contributed by atoms with Gasteiger partial charge in [0.05, 0.1) is 29.1 Å². The molecule has 1 aromatic carbocycles. The van der Waals surface area contributed by atoms with Crippen LogP contribution >= 0.6 is 0 Å². The fraction of sp³-hybridized carbons (Fsp3) is 0.381. The Bertz CT molecular complexity index is 1050. The minimum atomic E-state index is -0.0772. The van der Waals surface area contributed by atoms with Crippen LogP contribution < -0.4 is 0 Å². The third-order valence-electron chi connectivity index (χ3n) is 5.41. The Kier molecular flexibility index (Phi) is 5.00. The number of benzene rings is 1. The lowest BCUT2D eigenvalue weighted by molar-refractivity contribution is 0.0596. The minimum absolute atomic E-state index is 0.0419. The smallest absolute Gasteiger partial charge is 0.256 e. The molecule has 3 aromatic rings. The number of piperidine rings is 1. The Hall–Kier alpha value is -3.29. The van der Waals surface area contributed by atoms with Crippen molar-refractivity contribution in [2.75, 3.05) is 6.54 Å². The number of rotatable bonds is 4. The molecule has 1 unspecified atom stereocenters. The molecular weight excluding hydrogens is 370 g/mol. The number of nitrogens with zero attached hydrogens (tertiary/aromatic N) is 5. The van der Waals surface area contributed by atoms with Gasteiger partial charge >= 0.3 is 0 Å². The first kappa shape index (κ1) is 19.0. The van der Waals surface area contributed by atoms with Crippen molar-refractivity contribution in [2.45, 2.75) is 45.6 Å². The van der Waals surface area contributed by atoms with Crippen molar-refractivity contribution >= 4 is 12.2 Å². The second-order valence-corrected chi connectivity index (χ2v) is 7.48. The molecule has 3 heterocycles. The van der Waals surface area contributed by atoms with Gasteiger partial charge in [0.2, 0.25) is 0 Å². The van der Waals surface area contributed by atoms with E-state index in [4.69, 9.17) is 4.42 Å². The summed E-state index contributed by atoms with van der Waals surface area (Å²) in [5.41, 5.74) is 2.30. The van der Waals surface area contributed by atoms with Crippen molar-refractivity contribution in [3.63, 3.8) is 0 Å². The topological polar surface area (TPSA) is 94.1 Å². The quantitative estimate of drug-likeness (QED) is 0.632. The standard InChI is InChI=1S/C21H23N5O3/c1-13-10-22-26(24-13)19-7-5-4-6-17(19)21(28)25-11-16(9-8-14(25)2)20-23-18(12-27)15(3)29-20/h4-7,10,12,14,16H,8-9,11H2,1-3H3/t14-,16?/m1/s1. The van der Waals surface area contributed by atoms with E-state index in [1.165, 1.54) is 4.80 Å². The first-order chi connectivity index (χ1) is 14.0. The van der Waals surface area contributed by atoms with Crippen molar-refractivity contribution in [3.05, 3.63) is 59.1 Å². The van der Waals surface area contributed by atoms with E-state index >= 15 is 0 Å². The fourth-order valence-electron chi connectivity index (χ4n) is 3.74. The van der Waals surface area contributed by atoms with Crippen LogP contribution in [0.4, 0.5) is 0 Å². The largest absolute Gasteiger partial charge is 0.445 e. The van der Waals surface area contributed by atoms with Crippen LogP contribution in [0.5, 0.6) is 0 Å². The molecule has 0 N–H and O–H groups in total. The summed E-state index contributed by atoms with van der Waals surface area (Å²) in [6.07, 6.45) is 4.04. The zero-order valence-corrected chi connectivity index (χ0v) is 16.7. The molecule has 2 aromatic heterocycles. The second-order valence-electron chi connectivity index (χ2n) is 7.48. The normalized spacial score (nSPS) is 19.3. The van der Waals surface area contributed by atoms with Crippen molar-refractivity contribution < 1.29 is 14.0 Å². The molecule has 1 saturated heterocycles. The highest BCUT2D eigenvalue weighted by atomic mass is 16.4. The zero-order chi connectivity index (χ0) is 20.5. The molecule has 1 aliphatic rings. The van der Waals surface area contributed by atoms with Crippen LogP contribution in [0.25, 0.3) is 5.69 Å². The lowest BCUT2D eigenvalue weighted by Gasteiger charge is -2.37. The number of para-hydroxylation sites is 1. The van der Waals surface area contributed by atoms with E-state index in [0.717, 1.165) is 18.5 Å². The summed E-state index contributed by atoms with van der Waals surface area (Å²) in [5.74, 6) is 0.912. The summed E-state index contributed by atoms with van der Waals surface area (Å²) in [6, 6.07) is 7.43. The van der Waals surface area contributed by atoms with Gasteiger partial charge in [0.15, 0.2) is 12.2 Å². The number of amides is 1. The van der Waals surface area contributed by atoms with Gasteiger partial charge in [-0.2, -0.15) is 15.0 Å². The van der Waals surface area contributed by atoms with Crippen LogP contribution in [0.1, 0.15) is 63.9 Å². The fourth-order valence-corrected chi connectivity index (χ4v) is 3.74. The average molecular weight is 393 g/mol. The second kappa shape index (κ2) is 7.62. The number of carbonyl (C=O) groups excluding carboxylic acids is 2. The third kappa shape index (κ3) is 3.57. The molecule has 8 nitrogen and oxygen atoms in total. The van der Waals surface area contributed by atoms with Gasteiger partial charge in [-0.15, -0.1) is 0 Å². The Balaban J connectivity index is 1.63. The van der Waals surface area contributed by atoms with Gasteiger partial charge in [0.25, 0.3) is 5.91 Å². The summed E-state index contributed by atoms with van der Waals surface area (Å²) >= 11 is 0.